The number of ether oxygens (including phenoxy) is 3. The Morgan fingerprint density at radius 1 is 0.882 bits per heavy atom. The lowest BCUT2D eigenvalue weighted by Gasteiger charge is -2.32. The fraction of sp³-hybridized carbons (Fsp3) is 0.316. The van der Waals surface area contributed by atoms with Gasteiger partial charge in [0.2, 0.25) is 5.90 Å². The lowest BCUT2D eigenvalue weighted by atomic mass is 9.79. The van der Waals surface area contributed by atoms with Crippen LogP contribution in [0.25, 0.3) is 20.9 Å². The Morgan fingerprint density at radius 2 is 1.53 bits per heavy atom. The minimum atomic E-state index is -1.54. The quantitative estimate of drug-likeness (QED) is 0.0479. The van der Waals surface area contributed by atoms with Gasteiger partial charge in [0, 0.05) is 41.4 Å². The van der Waals surface area contributed by atoms with Crippen molar-refractivity contribution in [3.05, 3.63) is 151 Å². The highest BCUT2D eigenvalue weighted by Gasteiger charge is 2.54. The lowest BCUT2D eigenvalue weighted by Crippen LogP contribution is -2.50. The average molecular weight is 689 g/mol. The number of hydrogen-bond donors (Lipinski definition) is 2. The standard InChI is InChI=1S/C38H40N8O5/c1-2-49-34-15-8-6-10-27(34)20-21-41-37(48)38(24-29-11-3-4-12-30(29)25-42-45-39)35(33-14-7-5-13-31(33)26-43-46-40)51-36(44-38)28-16-18-32(19-17-28)50-23-9-22-47/h3-8,10-19,35,47H,2,9,20-26H2,1H3,(H,41,48)/t35-,38-/m1/s1. The van der Waals surface area contributed by atoms with Crippen molar-refractivity contribution in [2.75, 3.05) is 26.4 Å². The van der Waals surface area contributed by atoms with Gasteiger partial charge in [0.15, 0.2) is 11.6 Å². The summed E-state index contributed by atoms with van der Waals surface area (Å²) in [6, 6.07) is 29.8. The molecule has 0 aliphatic carbocycles. The van der Waals surface area contributed by atoms with Crippen molar-refractivity contribution in [2.45, 2.75) is 50.9 Å². The summed E-state index contributed by atoms with van der Waals surface area (Å²) in [5.74, 6) is 1.27. The molecule has 0 aromatic heterocycles. The number of amides is 1. The van der Waals surface area contributed by atoms with Gasteiger partial charge in [-0.1, -0.05) is 77.0 Å². The van der Waals surface area contributed by atoms with E-state index in [1.54, 1.807) is 12.1 Å². The predicted molar refractivity (Wildman–Crippen MR) is 193 cm³/mol. The summed E-state index contributed by atoms with van der Waals surface area (Å²) in [7, 11) is 0. The Morgan fingerprint density at radius 3 is 2.24 bits per heavy atom. The van der Waals surface area contributed by atoms with Crippen LogP contribution in [0.3, 0.4) is 0 Å². The Hall–Kier alpha value is -6.00. The van der Waals surface area contributed by atoms with E-state index in [0.717, 1.165) is 22.4 Å². The van der Waals surface area contributed by atoms with E-state index in [4.69, 9.17) is 29.8 Å². The highest BCUT2D eigenvalue weighted by atomic mass is 16.5. The molecular weight excluding hydrogens is 648 g/mol. The molecule has 1 aliphatic heterocycles. The van der Waals surface area contributed by atoms with E-state index in [1.807, 2.05) is 91.9 Å². The van der Waals surface area contributed by atoms with Gasteiger partial charge in [-0.2, -0.15) is 0 Å². The third-order valence-corrected chi connectivity index (χ3v) is 8.51. The van der Waals surface area contributed by atoms with E-state index in [0.29, 0.717) is 55.0 Å². The van der Waals surface area contributed by atoms with Crippen LogP contribution in [0.15, 0.2) is 112 Å². The van der Waals surface area contributed by atoms with Gasteiger partial charge in [0.25, 0.3) is 5.91 Å². The summed E-state index contributed by atoms with van der Waals surface area (Å²) >= 11 is 0. The van der Waals surface area contributed by atoms with Gasteiger partial charge in [-0.3, -0.25) is 4.79 Å². The third-order valence-electron chi connectivity index (χ3n) is 8.51. The molecule has 0 unspecified atom stereocenters. The zero-order valence-corrected chi connectivity index (χ0v) is 28.4. The summed E-state index contributed by atoms with van der Waals surface area (Å²) in [6.45, 7) is 3.26. The SMILES string of the molecule is CCOc1ccccc1CCNC(=O)[C@]1(Cc2ccccc2CN=[N+]=[N-])N=C(c2ccc(OCCCO)cc2)O[C@@H]1c1ccccc1CN=[N+]=[N-]. The minimum absolute atomic E-state index is 0.0282. The molecule has 0 fully saturated rings. The van der Waals surface area contributed by atoms with Crippen LogP contribution in [0.5, 0.6) is 11.5 Å². The van der Waals surface area contributed by atoms with Crippen molar-refractivity contribution in [1.29, 1.82) is 0 Å². The zero-order chi connectivity index (χ0) is 35.9. The number of aliphatic imine (C=N–C) groups is 1. The Bertz CT molecular complexity index is 1920. The molecule has 0 bridgehead atoms. The first-order valence-electron chi connectivity index (χ1n) is 16.8. The van der Waals surface area contributed by atoms with E-state index < -0.39 is 11.6 Å². The highest BCUT2D eigenvalue weighted by Crippen LogP contribution is 2.44. The van der Waals surface area contributed by atoms with Crippen molar-refractivity contribution in [2.24, 2.45) is 15.2 Å². The first-order chi connectivity index (χ1) is 25.0. The second kappa shape index (κ2) is 18.1. The lowest BCUT2D eigenvalue weighted by molar-refractivity contribution is -0.128. The summed E-state index contributed by atoms with van der Waals surface area (Å²) in [5.41, 5.74) is 21.2. The van der Waals surface area contributed by atoms with Gasteiger partial charge < -0.3 is 24.6 Å². The van der Waals surface area contributed by atoms with E-state index in [-0.39, 0.29) is 37.9 Å². The van der Waals surface area contributed by atoms with Crippen molar-refractivity contribution >= 4 is 11.8 Å². The van der Waals surface area contributed by atoms with E-state index in [2.05, 4.69) is 25.4 Å². The molecule has 4 aromatic rings. The maximum Gasteiger partial charge on any atom is 0.252 e. The monoisotopic (exact) mass is 688 g/mol. The Balaban J connectivity index is 1.60. The molecule has 2 N–H and O–H groups in total. The maximum atomic E-state index is 14.9. The van der Waals surface area contributed by atoms with Crippen molar-refractivity contribution < 1.29 is 24.1 Å². The van der Waals surface area contributed by atoms with Gasteiger partial charge >= 0.3 is 0 Å². The first-order valence-corrected chi connectivity index (χ1v) is 16.8. The van der Waals surface area contributed by atoms with Crippen LogP contribution >= 0.6 is 0 Å². The summed E-state index contributed by atoms with van der Waals surface area (Å²) in [5, 5.41) is 19.9. The fourth-order valence-corrected chi connectivity index (χ4v) is 6.05. The molecule has 0 saturated heterocycles. The average Bonchev–Trinajstić information content (AvgIpc) is 3.55. The maximum absolute atomic E-state index is 14.9. The second-order valence-corrected chi connectivity index (χ2v) is 11.8. The topological polar surface area (TPSA) is 187 Å². The summed E-state index contributed by atoms with van der Waals surface area (Å²) in [6.07, 6.45) is 0.197. The number of hydrogen-bond acceptors (Lipinski definition) is 8. The molecule has 0 spiro atoms. The number of benzene rings is 4. The Kier molecular flexibility index (Phi) is 12.9. The van der Waals surface area contributed by atoms with Crippen LogP contribution in [-0.4, -0.2) is 48.8 Å². The molecule has 262 valence electrons. The van der Waals surface area contributed by atoms with Gasteiger partial charge in [0.1, 0.15) is 11.5 Å². The van der Waals surface area contributed by atoms with Crippen molar-refractivity contribution in [3.8, 4) is 11.5 Å². The van der Waals surface area contributed by atoms with E-state index in [9.17, 15) is 10.3 Å². The molecule has 51 heavy (non-hydrogen) atoms. The number of aliphatic hydroxyl groups excluding tert-OH is 1. The normalized spacial score (nSPS) is 16.2. The fourth-order valence-electron chi connectivity index (χ4n) is 6.05. The van der Waals surface area contributed by atoms with Crippen LogP contribution < -0.4 is 14.8 Å². The molecule has 1 aliphatic rings. The van der Waals surface area contributed by atoms with Gasteiger partial charge in [-0.15, -0.1) is 0 Å². The van der Waals surface area contributed by atoms with Crippen LogP contribution in [0.1, 0.15) is 52.8 Å². The number of carbonyl (C=O) groups excluding carboxylic acids is 1. The molecule has 1 amide bonds. The van der Waals surface area contributed by atoms with E-state index >= 15 is 0 Å². The van der Waals surface area contributed by atoms with Crippen LogP contribution in [0, 0.1) is 0 Å². The Labute approximate surface area is 296 Å². The number of aliphatic hydroxyl groups is 1. The molecule has 2 atom stereocenters. The van der Waals surface area contributed by atoms with Crippen molar-refractivity contribution in [1.82, 2.24) is 5.32 Å². The molecule has 4 aromatic carbocycles. The largest absolute Gasteiger partial charge is 0.494 e. The highest BCUT2D eigenvalue weighted by molar-refractivity contribution is 6.01. The molecule has 13 heteroatoms. The number of nitrogens with one attached hydrogen (secondary N) is 1. The zero-order valence-electron chi connectivity index (χ0n) is 28.4. The molecule has 0 saturated carbocycles. The van der Waals surface area contributed by atoms with Crippen LogP contribution in [0.4, 0.5) is 0 Å². The summed E-state index contributed by atoms with van der Waals surface area (Å²) < 4.78 is 18.3. The minimum Gasteiger partial charge on any atom is -0.494 e. The molecule has 0 radical (unpaired) electrons. The van der Waals surface area contributed by atoms with Crippen molar-refractivity contribution in [3.63, 3.8) is 0 Å². The van der Waals surface area contributed by atoms with Gasteiger partial charge in [-0.05, 0) is 82.6 Å². The van der Waals surface area contributed by atoms with Crippen LogP contribution in [0.2, 0.25) is 0 Å². The number of carbonyl (C=O) groups is 1. The number of azide groups is 2. The van der Waals surface area contributed by atoms with Gasteiger partial charge in [0.05, 0.1) is 26.3 Å². The predicted octanol–water partition coefficient (Wildman–Crippen LogP) is 7.33. The number of rotatable bonds is 18. The van der Waals surface area contributed by atoms with E-state index in [1.165, 1.54) is 0 Å². The molecule has 5 rings (SSSR count). The molecule has 1 heterocycles. The van der Waals surface area contributed by atoms with Gasteiger partial charge in [-0.25, -0.2) is 4.99 Å². The first kappa shape index (κ1) is 36.3. The third kappa shape index (κ3) is 8.97. The van der Waals surface area contributed by atoms with Crippen LogP contribution in [-0.2, 0) is 35.5 Å². The molecular formula is C38H40N8O5. The number of para-hydroxylation sites is 1. The molecule has 13 nitrogen and oxygen atoms in total. The number of nitrogens with zero attached hydrogens (tertiary/aromatic N) is 7. The second-order valence-electron chi connectivity index (χ2n) is 11.8. The summed E-state index contributed by atoms with van der Waals surface area (Å²) in [4.78, 5) is 25.9. The smallest absolute Gasteiger partial charge is 0.252 e.